The van der Waals surface area contributed by atoms with E-state index in [0.717, 1.165) is 18.5 Å². The Kier molecular flexibility index (Phi) is 6.36. The lowest BCUT2D eigenvalue weighted by atomic mass is 10.1. The zero-order valence-corrected chi connectivity index (χ0v) is 11.0. The van der Waals surface area contributed by atoms with Crippen LogP contribution in [-0.2, 0) is 11.2 Å². The summed E-state index contributed by atoms with van der Waals surface area (Å²) in [5, 5.41) is 6.00. The first kappa shape index (κ1) is 14.6. The smallest absolute Gasteiger partial charge is 0.221 e. The Hall–Kier alpha value is -1.42. The molecule has 4 heteroatoms. The molecule has 0 aliphatic carbocycles. The van der Waals surface area contributed by atoms with Gasteiger partial charge in [0.1, 0.15) is 5.82 Å². The Labute approximate surface area is 108 Å². The SMILES string of the molecule is CC(C)NC(=O)CCNCCc1cccc(F)c1. The second-order valence-electron chi connectivity index (χ2n) is 4.60. The van der Waals surface area contributed by atoms with E-state index in [2.05, 4.69) is 10.6 Å². The van der Waals surface area contributed by atoms with Crippen LogP contribution in [0.2, 0.25) is 0 Å². The number of carbonyl (C=O) groups is 1. The molecule has 0 saturated carbocycles. The molecule has 0 spiro atoms. The molecule has 1 rings (SSSR count). The van der Waals surface area contributed by atoms with E-state index in [0.29, 0.717) is 13.0 Å². The Morgan fingerprint density at radius 3 is 2.78 bits per heavy atom. The first-order valence-electron chi connectivity index (χ1n) is 6.32. The van der Waals surface area contributed by atoms with Crippen LogP contribution < -0.4 is 10.6 Å². The minimum absolute atomic E-state index is 0.0586. The second kappa shape index (κ2) is 7.82. The summed E-state index contributed by atoms with van der Waals surface area (Å²) in [7, 11) is 0. The second-order valence-corrected chi connectivity index (χ2v) is 4.60. The monoisotopic (exact) mass is 252 g/mol. The number of benzene rings is 1. The maximum atomic E-state index is 12.9. The van der Waals surface area contributed by atoms with E-state index in [9.17, 15) is 9.18 Å². The molecule has 0 aromatic heterocycles. The lowest BCUT2D eigenvalue weighted by Crippen LogP contribution is -2.32. The van der Waals surface area contributed by atoms with Crippen molar-refractivity contribution in [2.45, 2.75) is 32.7 Å². The van der Waals surface area contributed by atoms with Crippen molar-refractivity contribution in [1.82, 2.24) is 10.6 Å². The molecule has 2 N–H and O–H groups in total. The Morgan fingerprint density at radius 2 is 2.11 bits per heavy atom. The standard InChI is InChI=1S/C14H21FN2O/c1-11(2)17-14(18)7-9-16-8-6-12-4-3-5-13(15)10-12/h3-5,10-11,16H,6-9H2,1-2H3,(H,17,18). The van der Waals surface area contributed by atoms with E-state index >= 15 is 0 Å². The van der Waals surface area contributed by atoms with Crippen LogP contribution in [0.5, 0.6) is 0 Å². The third-order valence-corrected chi connectivity index (χ3v) is 2.46. The average Bonchev–Trinajstić information content (AvgIpc) is 2.27. The molecule has 0 fully saturated rings. The molecular weight excluding hydrogens is 231 g/mol. The predicted molar refractivity (Wildman–Crippen MR) is 70.9 cm³/mol. The van der Waals surface area contributed by atoms with Gasteiger partial charge in [-0.3, -0.25) is 4.79 Å². The third kappa shape index (κ3) is 6.35. The third-order valence-electron chi connectivity index (χ3n) is 2.46. The molecule has 0 unspecified atom stereocenters. The first-order chi connectivity index (χ1) is 8.58. The summed E-state index contributed by atoms with van der Waals surface area (Å²) in [4.78, 5) is 11.3. The van der Waals surface area contributed by atoms with Crippen molar-refractivity contribution < 1.29 is 9.18 Å². The summed E-state index contributed by atoms with van der Waals surface area (Å²) < 4.78 is 12.9. The maximum absolute atomic E-state index is 12.9. The summed E-state index contributed by atoms with van der Waals surface area (Å²) in [5.74, 6) is -0.146. The van der Waals surface area contributed by atoms with Crippen LogP contribution in [-0.4, -0.2) is 25.0 Å². The summed E-state index contributed by atoms with van der Waals surface area (Å²) in [6, 6.07) is 6.77. The van der Waals surface area contributed by atoms with Crippen LogP contribution in [0.4, 0.5) is 4.39 Å². The van der Waals surface area contributed by atoms with Crippen LogP contribution in [0.25, 0.3) is 0 Å². The number of nitrogens with one attached hydrogen (secondary N) is 2. The van der Waals surface area contributed by atoms with Gasteiger partial charge in [0.15, 0.2) is 0 Å². The molecule has 0 aliphatic heterocycles. The normalized spacial score (nSPS) is 10.7. The van der Waals surface area contributed by atoms with Gasteiger partial charge in [-0.15, -0.1) is 0 Å². The molecule has 0 heterocycles. The van der Waals surface area contributed by atoms with Gasteiger partial charge in [-0.1, -0.05) is 12.1 Å². The maximum Gasteiger partial charge on any atom is 0.221 e. The molecule has 1 amide bonds. The largest absolute Gasteiger partial charge is 0.354 e. The Morgan fingerprint density at radius 1 is 1.33 bits per heavy atom. The molecule has 0 bridgehead atoms. The number of amides is 1. The van der Waals surface area contributed by atoms with Gasteiger partial charge in [-0.2, -0.15) is 0 Å². The molecule has 1 aromatic carbocycles. The molecule has 0 saturated heterocycles. The molecule has 3 nitrogen and oxygen atoms in total. The van der Waals surface area contributed by atoms with Gasteiger partial charge in [-0.25, -0.2) is 4.39 Å². The van der Waals surface area contributed by atoms with Crippen molar-refractivity contribution in [2.75, 3.05) is 13.1 Å². The van der Waals surface area contributed by atoms with E-state index < -0.39 is 0 Å². The van der Waals surface area contributed by atoms with Crippen molar-refractivity contribution in [1.29, 1.82) is 0 Å². The highest BCUT2D eigenvalue weighted by Gasteiger charge is 2.02. The minimum atomic E-state index is -0.205. The molecule has 18 heavy (non-hydrogen) atoms. The fourth-order valence-corrected chi connectivity index (χ4v) is 1.65. The number of halogens is 1. The molecule has 0 radical (unpaired) electrons. The van der Waals surface area contributed by atoms with Crippen molar-refractivity contribution in [3.8, 4) is 0 Å². The predicted octanol–water partition coefficient (Wildman–Crippen LogP) is 1.87. The summed E-state index contributed by atoms with van der Waals surface area (Å²) in [6.45, 7) is 5.27. The van der Waals surface area contributed by atoms with Gasteiger partial charge in [0.25, 0.3) is 0 Å². The van der Waals surface area contributed by atoms with Crippen LogP contribution in [0.1, 0.15) is 25.8 Å². The van der Waals surface area contributed by atoms with Crippen molar-refractivity contribution in [3.05, 3.63) is 35.6 Å². The number of hydrogen-bond donors (Lipinski definition) is 2. The van der Waals surface area contributed by atoms with Gasteiger partial charge in [0.05, 0.1) is 0 Å². The highest BCUT2D eigenvalue weighted by atomic mass is 19.1. The zero-order valence-electron chi connectivity index (χ0n) is 11.0. The van der Waals surface area contributed by atoms with Crippen LogP contribution in [0.3, 0.4) is 0 Å². The van der Waals surface area contributed by atoms with Gasteiger partial charge in [0, 0.05) is 19.0 Å². The van der Waals surface area contributed by atoms with Crippen molar-refractivity contribution >= 4 is 5.91 Å². The van der Waals surface area contributed by atoms with Gasteiger partial charge < -0.3 is 10.6 Å². The van der Waals surface area contributed by atoms with Gasteiger partial charge in [-0.05, 0) is 44.5 Å². The van der Waals surface area contributed by atoms with Gasteiger partial charge >= 0.3 is 0 Å². The summed E-state index contributed by atoms with van der Waals surface area (Å²) in [5.41, 5.74) is 0.967. The van der Waals surface area contributed by atoms with E-state index in [4.69, 9.17) is 0 Å². The van der Waals surface area contributed by atoms with Gasteiger partial charge in [0.2, 0.25) is 5.91 Å². The molecule has 100 valence electrons. The Balaban J connectivity index is 2.10. The lowest BCUT2D eigenvalue weighted by Gasteiger charge is -2.08. The van der Waals surface area contributed by atoms with Crippen LogP contribution >= 0.6 is 0 Å². The number of hydrogen-bond acceptors (Lipinski definition) is 2. The minimum Gasteiger partial charge on any atom is -0.354 e. The fraction of sp³-hybridized carbons (Fsp3) is 0.500. The lowest BCUT2D eigenvalue weighted by molar-refractivity contribution is -0.121. The van der Waals surface area contributed by atoms with Crippen molar-refractivity contribution in [2.24, 2.45) is 0 Å². The zero-order chi connectivity index (χ0) is 13.4. The van der Waals surface area contributed by atoms with Crippen LogP contribution in [0, 0.1) is 5.82 Å². The number of carbonyl (C=O) groups excluding carboxylic acids is 1. The topological polar surface area (TPSA) is 41.1 Å². The van der Waals surface area contributed by atoms with E-state index in [1.807, 2.05) is 19.9 Å². The van der Waals surface area contributed by atoms with E-state index in [-0.39, 0.29) is 17.8 Å². The van der Waals surface area contributed by atoms with E-state index in [1.54, 1.807) is 6.07 Å². The Bertz CT molecular complexity index is 380. The first-order valence-corrected chi connectivity index (χ1v) is 6.32. The highest BCUT2D eigenvalue weighted by molar-refractivity contribution is 5.76. The van der Waals surface area contributed by atoms with E-state index in [1.165, 1.54) is 12.1 Å². The average molecular weight is 252 g/mol. The van der Waals surface area contributed by atoms with Crippen molar-refractivity contribution in [3.63, 3.8) is 0 Å². The summed E-state index contributed by atoms with van der Waals surface area (Å²) >= 11 is 0. The molecule has 0 aliphatic rings. The number of rotatable bonds is 7. The fourth-order valence-electron chi connectivity index (χ4n) is 1.65. The molecule has 0 atom stereocenters. The molecular formula is C14H21FN2O. The molecule has 1 aromatic rings. The van der Waals surface area contributed by atoms with Crippen LogP contribution in [0.15, 0.2) is 24.3 Å². The highest BCUT2D eigenvalue weighted by Crippen LogP contribution is 2.03. The quantitative estimate of drug-likeness (QED) is 0.727. The summed E-state index contributed by atoms with van der Waals surface area (Å²) in [6.07, 6.45) is 1.24.